The van der Waals surface area contributed by atoms with Crippen molar-refractivity contribution in [1.82, 2.24) is 14.9 Å². The van der Waals surface area contributed by atoms with Crippen LogP contribution in [0.4, 0.5) is 5.82 Å². The molecular formula is C15H26N4O. The van der Waals surface area contributed by atoms with Crippen LogP contribution in [0.2, 0.25) is 0 Å². The van der Waals surface area contributed by atoms with Crippen molar-refractivity contribution in [2.75, 3.05) is 38.2 Å². The van der Waals surface area contributed by atoms with Gasteiger partial charge in [0.1, 0.15) is 12.1 Å². The first-order valence-electron chi connectivity index (χ1n) is 7.55. The molecule has 0 aliphatic carbocycles. The highest BCUT2D eigenvalue weighted by Gasteiger charge is 2.29. The predicted molar refractivity (Wildman–Crippen MR) is 81.3 cm³/mol. The molecule has 2 heterocycles. The number of rotatable bonds is 5. The van der Waals surface area contributed by atoms with E-state index in [4.69, 9.17) is 4.74 Å². The summed E-state index contributed by atoms with van der Waals surface area (Å²) in [6.45, 7) is 10.6. The van der Waals surface area contributed by atoms with Gasteiger partial charge in [-0.15, -0.1) is 0 Å². The number of likely N-dealkylation sites (tertiary alicyclic amines) is 1. The summed E-state index contributed by atoms with van der Waals surface area (Å²) in [5.74, 6) is 2.24. The number of hydrogen-bond donors (Lipinski definition) is 0. The van der Waals surface area contributed by atoms with Crippen LogP contribution < -0.4 is 9.64 Å². The van der Waals surface area contributed by atoms with Gasteiger partial charge in [0.2, 0.25) is 5.88 Å². The Bertz CT molecular complexity index is 426. The van der Waals surface area contributed by atoms with E-state index in [9.17, 15) is 0 Å². The summed E-state index contributed by atoms with van der Waals surface area (Å²) in [4.78, 5) is 13.3. The minimum atomic E-state index is 0.530. The summed E-state index contributed by atoms with van der Waals surface area (Å²) in [5.41, 5.74) is 0. The average molecular weight is 278 g/mol. The monoisotopic (exact) mass is 278 g/mol. The lowest BCUT2D eigenvalue weighted by Gasteiger charge is -2.41. The Balaban J connectivity index is 2.07. The van der Waals surface area contributed by atoms with Crippen molar-refractivity contribution in [3.8, 4) is 5.88 Å². The topological polar surface area (TPSA) is 41.5 Å². The molecular weight excluding hydrogens is 252 g/mol. The Kier molecular flexibility index (Phi) is 5.17. The molecule has 0 bridgehead atoms. The van der Waals surface area contributed by atoms with Gasteiger partial charge in [0, 0.05) is 32.2 Å². The van der Waals surface area contributed by atoms with Gasteiger partial charge in [-0.25, -0.2) is 9.97 Å². The van der Waals surface area contributed by atoms with Gasteiger partial charge in [0.25, 0.3) is 0 Å². The van der Waals surface area contributed by atoms with Crippen molar-refractivity contribution in [2.24, 2.45) is 5.92 Å². The molecule has 0 aromatic carbocycles. The predicted octanol–water partition coefficient (Wildman–Crippen LogP) is 2.04. The summed E-state index contributed by atoms with van der Waals surface area (Å²) >= 11 is 0. The second-order valence-corrected chi connectivity index (χ2v) is 5.48. The zero-order chi connectivity index (χ0) is 14.5. The molecule has 5 heteroatoms. The molecule has 0 N–H and O–H groups in total. The molecule has 0 spiro atoms. The molecule has 1 saturated heterocycles. The number of anilines is 1. The van der Waals surface area contributed by atoms with Crippen molar-refractivity contribution in [3.63, 3.8) is 0 Å². The van der Waals surface area contributed by atoms with Crippen molar-refractivity contribution >= 4 is 5.82 Å². The Morgan fingerprint density at radius 2 is 2.20 bits per heavy atom. The lowest BCUT2D eigenvalue weighted by molar-refractivity contribution is 0.169. The highest BCUT2D eigenvalue weighted by molar-refractivity contribution is 5.41. The number of hydrogen-bond acceptors (Lipinski definition) is 5. The van der Waals surface area contributed by atoms with E-state index in [1.807, 2.05) is 13.0 Å². The van der Waals surface area contributed by atoms with Crippen molar-refractivity contribution in [3.05, 3.63) is 12.4 Å². The lowest BCUT2D eigenvalue weighted by Crippen LogP contribution is -2.49. The first kappa shape index (κ1) is 15.0. The van der Waals surface area contributed by atoms with E-state index in [1.54, 1.807) is 6.33 Å². The molecule has 1 aliphatic rings. The third kappa shape index (κ3) is 3.39. The summed E-state index contributed by atoms with van der Waals surface area (Å²) in [6.07, 6.45) is 2.77. The van der Waals surface area contributed by atoms with E-state index in [1.165, 1.54) is 13.0 Å². The SMILES string of the molecule is CCOc1cc(N(C)C2CCN(CC)CC2C)ncn1. The maximum atomic E-state index is 5.46. The smallest absolute Gasteiger partial charge is 0.218 e. The van der Waals surface area contributed by atoms with Crippen LogP contribution in [0.1, 0.15) is 27.2 Å². The third-order valence-corrected chi connectivity index (χ3v) is 4.17. The van der Waals surface area contributed by atoms with E-state index in [2.05, 4.69) is 40.7 Å². The van der Waals surface area contributed by atoms with Gasteiger partial charge in [0.05, 0.1) is 6.61 Å². The van der Waals surface area contributed by atoms with Crippen LogP contribution >= 0.6 is 0 Å². The molecule has 1 aliphatic heterocycles. The Morgan fingerprint density at radius 3 is 2.85 bits per heavy atom. The Morgan fingerprint density at radius 1 is 1.40 bits per heavy atom. The molecule has 1 aromatic heterocycles. The second kappa shape index (κ2) is 6.88. The van der Waals surface area contributed by atoms with Crippen LogP contribution in [0.3, 0.4) is 0 Å². The number of ether oxygens (including phenoxy) is 1. The van der Waals surface area contributed by atoms with E-state index >= 15 is 0 Å². The summed E-state index contributed by atoms with van der Waals surface area (Å²) in [6, 6.07) is 2.46. The third-order valence-electron chi connectivity index (χ3n) is 4.17. The van der Waals surface area contributed by atoms with Crippen LogP contribution in [0.5, 0.6) is 5.88 Å². The highest BCUT2D eigenvalue weighted by atomic mass is 16.5. The van der Waals surface area contributed by atoms with Crippen molar-refractivity contribution in [1.29, 1.82) is 0 Å². The maximum absolute atomic E-state index is 5.46. The van der Waals surface area contributed by atoms with Crippen LogP contribution in [0, 0.1) is 5.92 Å². The molecule has 1 fully saturated rings. The van der Waals surface area contributed by atoms with Gasteiger partial charge in [-0.1, -0.05) is 13.8 Å². The molecule has 0 saturated carbocycles. The number of aromatic nitrogens is 2. The van der Waals surface area contributed by atoms with Crippen LogP contribution in [-0.2, 0) is 0 Å². The van der Waals surface area contributed by atoms with Gasteiger partial charge < -0.3 is 14.5 Å². The highest BCUT2D eigenvalue weighted by Crippen LogP contribution is 2.25. The van der Waals surface area contributed by atoms with Gasteiger partial charge in [0.15, 0.2) is 0 Å². The summed E-state index contributed by atoms with van der Waals surface area (Å²) in [5, 5.41) is 0. The van der Waals surface area contributed by atoms with Crippen LogP contribution in [0.25, 0.3) is 0 Å². The normalized spacial score (nSPS) is 23.6. The van der Waals surface area contributed by atoms with Gasteiger partial charge >= 0.3 is 0 Å². The first-order valence-corrected chi connectivity index (χ1v) is 7.55. The zero-order valence-electron chi connectivity index (χ0n) is 13.0. The second-order valence-electron chi connectivity index (χ2n) is 5.48. The minimum absolute atomic E-state index is 0.530. The van der Waals surface area contributed by atoms with Crippen molar-refractivity contribution in [2.45, 2.75) is 33.2 Å². The molecule has 2 atom stereocenters. The largest absolute Gasteiger partial charge is 0.478 e. The van der Waals surface area contributed by atoms with Crippen molar-refractivity contribution < 1.29 is 4.74 Å². The Labute approximate surface area is 122 Å². The number of piperidine rings is 1. The molecule has 20 heavy (non-hydrogen) atoms. The maximum Gasteiger partial charge on any atom is 0.218 e. The zero-order valence-corrected chi connectivity index (χ0v) is 13.0. The molecule has 112 valence electrons. The molecule has 5 nitrogen and oxygen atoms in total. The quantitative estimate of drug-likeness (QED) is 0.824. The van der Waals surface area contributed by atoms with Crippen LogP contribution in [0.15, 0.2) is 12.4 Å². The fourth-order valence-corrected chi connectivity index (χ4v) is 3.00. The molecule has 1 aromatic rings. The lowest BCUT2D eigenvalue weighted by atomic mass is 9.92. The minimum Gasteiger partial charge on any atom is -0.478 e. The van der Waals surface area contributed by atoms with Gasteiger partial charge in [-0.3, -0.25) is 0 Å². The van der Waals surface area contributed by atoms with E-state index in [0.29, 0.717) is 24.4 Å². The number of nitrogens with zero attached hydrogens (tertiary/aromatic N) is 4. The summed E-state index contributed by atoms with van der Waals surface area (Å²) < 4.78 is 5.46. The van der Waals surface area contributed by atoms with Gasteiger partial charge in [-0.05, 0) is 25.8 Å². The standard InChI is InChI=1S/C15H26N4O/c1-5-19-8-7-13(12(3)10-19)18(4)14-9-15(20-6-2)17-11-16-14/h9,11-13H,5-8,10H2,1-4H3. The fraction of sp³-hybridized carbons (Fsp3) is 0.733. The van der Waals surface area contributed by atoms with Gasteiger partial charge in [-0.2, -0.15) is 0 Å². The van der Waals surface area contributed by atoms with E-state index in [0.717, 1.165) is 18.9 Å². The first-order chi connectivity index (χ1) is 9.65. The molecule has 0 radical (unpaired) electrons. The fourth-order valence-electron chi connectivity index (χ4n) is 3.00. The van der Waals surface area contributed by atoms with E-state index in [-0.39, 0.29) is 0 Å². The Hall–Kier alpha value is -1.36. The van der Waals surface area contributed by atoms with E-state index < -0.39 is 0 Å². The summed E-state index contributed by atoms with van der Waals surface area (Å²) in [7, 11) is 2.13. The molecule has 2 rings (SSSR count). The van der Waals surface area contributed by atoms with Crippen LogP contribution in [-0.4, -0.2) is 54.2 Å². The average Bonchev–Trinajstić information content (AvgIpc) is 2.47. The molecule has 2 unspecified atom stereocenters. The molecule has 0 amide bonds.